The van der Waals surface area contributed by atoms with Crippen LogP contribution in [0, 0.1) is 18.6 Å². The third-order valence-corrected chi connectivity index (χ3v) is 5.82. The lowest BCUT2D eigenvalue weighted by atomic mass is 10.0. The van der Waals surface area contributed by atoms with Crippen molar-refractivity contribution in [3.63, 3.8) is 0 Å². The van der Waals surface area contributed by atoms with Crippen molar-refractivity contribution in [3.8, 4) is 28.3 Å². The average Bonchev–Trinajstić information content (AvgIpc) is 3.30. The fraction of sp³-hybridized carbons (Fsp3) is 0.107. The number of rotatable bonds is 6. The molecule has 1 N–H and O–H groups in total. The number of aryl methyl sites for hydroxylation is 1. The van der Waals surface area contributed by atoms with Crippen LogP contribution in [0.5, 0.6) is 5.75 Å². The van der Waals surface area contributed by atoms with E-state index in [4.69, 9.17) is 0 Å². The normalized spacial score (nSPS) is 11.5. The molecule has 1 amide bonds. The molecule has 0 bridgehead atoms. The molecule has 3 aromatic heterocycles. The van der Waals surface area contributed by atoms with Crippen molar-refractivity contribution in [2.45, 2.75) is 20.0 Å². The van der Waals surface area contributed by atoms with E-state index in [0.717, 1.165) is 6.07 Å². The molecule has 0 saturated carbocycles. The molecule has 10 heteroatoms. The van der Waals surface area contributed by atoms with Crippen LogP contribution in [0.15, 0.2) is 79.3 Å². The van der Waals surface area contributed by atoms with Crippen molar-refractivity contribution in [3.05, 3.63) is 102 Å². The van der Waals surface area contributed by atoms with Crippen molar-refractivity contribution in [1.82, 2.24) is 14.4 Å². The number of imidazole rings is 1. The quantitative estimate of drug-likeness (QED) is 0.248. The minimum Gasteiger partial charge on any atom is -0.433 e. The van der Waals surface area contributed by atoms with Gasteiger partial charge in [0, 0.05) is 36.1 Å². The number of pyridine rings is 2. The minimum atomic E-state index is -3.32. The lowest BCUT2D eigenvalue weighted by Gasteiger charge is -2.14. The molecule has 2 aromatic carbocycles. The molecular formula is C28H20F4N4O2. The second-order valence-electron chi connectivity index (χ2n) is 8.61. The van der Waals surface area contributed by atoms with Crippen LogP contribution in [-0.4, -0.2) is 26.4 Å². The first-order chi connectivity index (χ1) is 18.1. The van der Waals surface area contributed by atoms with Crippen molar-refractivity contribution in [1.29, 1.82) is 0 Å². The zero-order valence-electron chi connectivity index (χ0n) is 20.2. The summed E-state index contributed by atoms with van der Waals surface area (Å²) in [5.74, 6) is -2.23. The van der Waals surface area contributed by atoms with Crippen molar-refractivity contribution in [2.75, 3.05) is 5.32 Å². The highest BCUT2D eigenvalue weighted by Gasteiger charge is 2.23. The number of halogens is 4. The molecule has 6 nitrogen and oxygen atoms in total. The molecule has 5 rings (SSSR count). The monoisotopic (exact) mass is 520 g/mol. The number of ether oxygens (including phenoxy) is 1. The molecule has 0 aliphatic heterocycles. The number of anilines is 1. The largest absolute Gasteiger partial charge is 0.433 e. The number of alkyl halides is 2. The van der Waals surface area contributed by atoms with Gasteiger partial charge < -0.3 is 10.1 Å². The summed E-state index contributed by atoms with van der Waals surface area (Å²) in [5.41, 5.74) is 3.04. The number of nitrogens with zero attached hydrogens (tertiary/aromatic N) is 3. The molecule has 0 aliphatic rings. The number of carbonyl (C=O) groups excluding carboxylic acids is 1. The van der Waals surface area contributed by atoms with Gasteiger partial charge in [-0.2, -0.15) is 8.78 Å². The Labute approximate surface area is 214 Å². The minimum absolute atomic E-state index is 0.0170. The van der Waals surface area contributed by atoms with Gasteiger partial charge in [0.25, 0.3) is 5.91 Å². The zero-order valence-corrected chi connectivity index (χ0v) is 20.2. The van der Waals surface area contributed by atoms with Crippen LogP contribution in [0.1, 0.15) is 23.0 Å². The fourth-order valence-corrected chi connectivity index (χ4v) is 4.06. The number of fused-ring (bicyclic) bond motifs is 1. The number of amides is 1. The van der Waals surface area contributed by atoms with E-state index >= 15 is 0 Å². The van der Waals surface area contributed by atoms with Crippen molar-refractivity contribution in [2.24, 2.45) is 0 Å². The van der Waals surface area contributed by atoms with Crippen LogP contribution >= 0.6 is 0 Å². The summed E-state index contributed by atoms with van der Waals surface area (Å²) in [6.07, 6.45) is 1.51. The molecule has 0 atom stereocenters. The van der Waals surface area contributed by atoms with Gasteiger partial charge in [0.05, 0.1) is 28.5 Å². The SMILES string of the molecule is Cc1ncc(-c2cccn3c(-c4cccc(F)c4F)ncc23)cc1C(=O)Nc1ccc(OC(C)(F)F)cc1. The maximum absolute atomic E-state index is 14.5. The smallest absolute Gasteiger partial charge is 0.394 e. The predicted molar refractivity (Wildman–Crippen MR) is 134 cm³/mol. The van der Waals surface area contributed by atoms with Gasteiger partial charge in [0.2, 0.25) is 0 Å². The molecule has 192 valence electrons. The average molecular weight is 520 g/mol. The van der Waals surface area contributed by atoms with Gasteiger partial charge in [-0.05, 0) is 55.5 Å². The van der Waals surface area contributed by atoms with Gasteiger partial charge >= 0.3 is 6.11 Å². The first-order valence-electron chi connectivity index (χ1n) is 11.5. The Hall–Kier alpha value is -4.73. The number of hydrogen-bond donors (Lipinski definition) is 1. The van der Waals surface area contributed by atoms with Crippen LogP contribution in [0.2, 0.25) is 0 Å². The molecule has 0 fully saturated rings. The molecule has 38 heavy (non-hydrogen) atoms. The van der Waals surface area contributed by atoms with Crippen LogP contribution in [-0.2, 0) is 0 Å². The van der Waals surface area contributed by atoms with Crippen molar-refractivity contribution < 1.29 is 27.1 Å². The van der Waals surface area contributed by atoms with E-state index in [0.29, 0.717) is 40.5 Å². The van der Waals surface area contributed by atoms with Gasteiger partial charge in [-0.15, -0.1) is 0 Å². The maximum Gasteiger partial charge on any atom is 0.394 e. The van der Waals surface area contributed by atoms with E-state index in [9.17, 15) is 22.4 Å². The molecule has 3 heterocycles. The number of benzene rings is 2. The van der Waals surface area contributed by atoms with E-state index in [2.05, 4.69) is 20.0 Å². The number of hydrogen-bond acceptors (Lipinski definition) is 4. The summed E-state index contributed by atoms with van der Waals surface area (Å²) in [6, 6.07) is 14.6. The highest BCUT2D eigenvalue weighted by Crippen LogP contribution is 2.31. The standard InChI is InChI=1S/C28H20F4N4O2/c1-16-22(27(37)35-18-8-10-19(11-9-18)38-28(2,31)32)13-17(14-33-16)20-6-4-12-36-24(20)15-34-26(36)21-5-3-7-23(29)25(21)30/h3-15H,1-2H3,(H,35,37). The van der Waals surface area contributed by atoms with E-state index in [1.54, 1.807) is 41.9 Å². The molecule has 5 aromatic rings. The van der Waals surface area contributed by atoms with Gasteiger partial charge in [-0.25, -0.2) is 13.8 Å². The van der Waals surface area contributed by atoms with Crippen LogP contribution in [0.3, 0.4) is 0 Å². The van der Waals surface area contributed by atoms with E-state index in [1.165, 1.54) is 42.6 Å². The molecular weight excluding hydrogens is 500 g/mol. The highest BCUT2D eigenvalue weighted by atomic mass is 19.3. The van der Waals surface area contributed by atoms with E-state index in [1.807, 2.05) is 0 Å². The summed E-state index contributed by atoms with van der Waals surface area (Å²) in [4.78, 5) is 21.7. The Morgan fingerprint density at radius 1 is 0.974 bits per heavy atom. The van der Waals surface area contributed by atoms with Gasteiger partial charge in [0.15, 0.2) is 11.6 Å². The molecule has 0 aliphatic carbocycles. The molecule has 0 radical (unpaired) electrons. The summed E-state index contributed by atoms with van der Waals surface area (Å²) in [5, 5.41) is 2.73. The number of carbonyl (C=O) groups is 1. The zero-order chi connectivity index (χ0) is 27.0. The molecule has 0 unspecified atom stereocenters. The Bertz CT molecular complexity index is 1660. The fourth-order valence-electron chi connectivity index (χ4n) is 4.06. The van der Waals surface area contributed by atoms with Gasteiger partial charge in [-0.3, -0.25) is 14.2 Å². The lowest BCUT2D eigenvalue weighted by Crippen LogP contribution is -2.19. The van der Waals surface area contributed by atoms with Crippen LogP contribution < -0.4 is 10.1 Å². The summed E-state index contributed by atoms with van der Waals surface area (Å²) in [6.45, 7) is 2.32. The Kier molecular flexibility index (Phi) is 6.31. The van der Waals surface area contributed by atoms with Crippen molar-refractivity contribution >= 4 is 17.1 Å². The number of aromatic nitrogens is 3. The number of nitrogens with one attached hydrogen (secondary N) is 1. The van der Waals surface area contributed by atoms with E-state index in [-0.39, 0.29) is 17.1 Å². The second kappa shape index (κ2) is 9.62. The predicted octanol–water partition coefficient (Wildman–Crippen LogP) is 6.89. The summed E-state index contributed by atoms with van der Waals surface area (Å²) >= 11 is 0. The molecule has 0 saturated heterocycles. The van der Waals surface area contributed by atoms with Crippen LogP contribution in [0.25, 0.3) is 28.0 Å². The Balaban J connectivity index is 1.46. The summed E-state index contributed by atoms with van der Waals surface area (Å²) in [7, 11) is 0. The summed E-state index contributed by atoms with van der Waals surface area (Å²) < 4.78 is 60.5. The Morgan fingerprint density at radius 2 is 1.71 bits per heavy atom. The topological polar surface area (TPSA) is 68.5 Å². The Morgan fingerprint density at radius 3 is 2.45 bits per heavy atom. The van der Waals surface area contributed by atoms with E-state index < -0.39 is 23.7 Å². The maximum atomic E-state index is 14.5. The second-order valence-corrected chi connectivity index (χ2v) is 8.61. The highest BCUT2D eigenvalue weighted by molar-refractivity contribution is 6.06. The third kappa shape index (κ3) is 4.93. The van der Waals surface area contributed by atoms with Gasteiger partial charge in [-0.1, -0.05) is 12.1 Å². The first kappa shape index (κ1) is 24.9. The molecule has 0 spiro atoms. The lowest BCUT2D eigenvalue weighted by molar-refractivity contribution is -0.158. The van der Waals surface area contributed by atoms with Gasteiger partial charge in [0.1, 0.15) is 11.6 Å². The first-order valence-corrected chi connectivity index (χ1v) is 11.5. The third-order valence-electron chi connectivity index (χ3n) is 5.82. The van der Waals surface area contributed by atoms with Crippen LogP contribution in [0.4, 0.5) is 23.2 Å².